The third-order valence-electron chi connectivity index (χ3n) is 5.50. The largest absolute Gasteiger partial charge is 0.493 e. The minimum Gasteiger partial charge on any atom is -0.493 e. The first-order chi connectivity index (χ1) is 16.8. The van der Waals surface area contributed by atoms with Crippen LogP contribution in [0.2, 0.25) is 0 Å². The topological polar surface area (TPSA) is 46.5 Å². The Bertz CT molecular complexity index is 1120. The fraction of sp³-hybridized carbons (Fsp3) is 0.241. The molecular weight excluding hydrogens is 438 g/mol. The number of rotatable bonds is 12. The van der Waals surface area contributed by atoms with Crippen LogP contribution in [0.4, 0.5) is 5.13 Å². The van der Waals surface area contributed by atoms with Crippen LogP contribution in [0.15, 0.2) is 90.0 Å². The summed E-state index contributed by atoms with van der Waals surface area (Å²) in [5.41, 5.74) is 7.28. The predicted molar refractivity (Wildman–Crippen MR) is 145 cm³/mol. The van der Waals surface area contributed by atoms with Crippen LogP contribution in [0.1, 0.15) is 44.6 Å². The average molecular weight is 470 g/mol. The van der Waals surface area contributed by atoms with E-state index in [1.54, 1.807) is 17.6 Å². The van der Waals surface area contributed by atoms with Gasteiger partial charge in [0.1, 0.15) is 5.75 Å². The molecule has 0 spiro atoms. The first kappa shape index (κ1) is 23.7. The summed E-state index contributed by atoms with van der Waals surface area (Å²) in [5, 5.41) is 5.23. The second-order valence-corrected chi connectivity index (χ2v) is 9.10. The number of benzene rings is 3. The maximum Gasteiger partial charge on any atom is 0.204 e. The molecule has 4 nitrogen and oxygen atoms in total. The minimum atomic E-state index is 0.731. The molecule has 0 aliphatic rings. The molecular formula is C29H31N3OS. The molecule has 0 saturated heterocycles. The van der Waals surface area contributed by atoms with E-state index < -0.39 is 0 Å². The number of hydrogen-bond acceptors (Lipinski definition) is 5. The number of nitrogens with one attached hydrogen (secondary N) is 1. The number of nitrogens with zero attached hydrogens (tertiary/aromatic N) is 2. The zero-order valence-corrected chi connectivity index (χ0v) is 20.4. The van der Waals surface area contributed by atoms with Crippen molar-refractivity contribution in [3.8, 4) is 27.4 Å². The van der Waals surface area contributed by atoms with Gasteiger partial charge in [0, 0.05) is 11.1 Å². The van der Waals surface area contributed by atoms with Crippen molar-refractivity contribution >= 4 is 22.7 Å². The molecule has 1 aromatic heterocycles. The lowest BCUT2D eigenvalue weighted by Crippen LogP contribution is -2.00. The highest BCUT2D eigenvalue weighted by Gasteiger charge is 2.14. The number of anilines is 1. The van der Waals surface area contributed by atoms with Crippen molar-refractivity contribution in [1.82, 2.24) is 4.98 Å². The van der Waals surface area contributed by atoms with Crippen LogP contribution in [0.25, 0.3) is 21.7 Å². The molecule has 1 heterocycles. The van der Waals surface area contributed by atoms with Gasteiger partial charge in [0.2, 0.25) is 5.13 Å². The summed E-state index contributed by atoms with van der Waals surface area (Å²) in [6.07, 6.45) is 7.92. The van der Waals surface area contributed by atoms with Crippen molar-refractivity contribution < 1.29 is 4.74 Å². The van der Waals surface area contributed by atoms with Gasteiger partial charge in [0.25, 0.3) is 0 Å². The van der Waals surface area contributed by atoms with E-state index in [0.717, 1.165) is 51.2 Å². The molecule has 0 fully saturated rings. The van der Waals surface area contributed by atoms with Crippen LogP contribution in [0.5, 0.6) is 5.75 Å². The van der Waals surface area contributed by atoms with E-state index in [1.165, 1.54) is 25.7 Å². The number of hydrazone groups is 1. The van der Waals surface area contributed by atoms with Crippen LogP contribution >= 0.6 is 11.3 Å². The van der Waals surface area contributed by atoms with Gasteiger partial charge in [0.15, 0.2) is 0 Å². The summed E-state index contributed by atoms with van der Waals surface area (Å²) in [6, 6.07) is 28.6. The summed E-state index contributed by atoms with van der Waals surface area (Å²) in [4.78, 5) is 5.98. The first-order valence-corrected chi connectivity index (χ1v) is 12.8. The zero-order valence-electron chi connectivity index (χ0n) is 19.6. The molecule has 0 saturated carbocycles. The number of aromatic nitrogens is 1. The van der Waals surface area contributed by atoms with Gasteiger partial charge in [-0.25, -0.2) is 4.98 Å². The standard InChI is InChI=1S/C29H31N3OS/c1-2-3-4-5-14-21-33-26-20-13-12-19-25(26)22-30-32-29-31-27(23-15-8-6-9-16-23)28(34-29)24-17-10-7-11-18-24/h6-13,15-20,22H,2-5,14,21H2,1H3,(H,31,32)/b30-22-. The number of hydrogen-bond donors (Lipinski definition) is 1. The quantitative estimate of drug-likeness (QED) is 0.129. The summed E-state index contributed by atoms with van der Waals surface area (Å²) < 4.78 is 6.03. The van der Waals surface area contributed by atoms with E-state index in [4.69, 9.17) is 9.72 Å². The Balaban J connectivity index is 1.46. The minimum absolute atomic E-state index is 0.731. The van der Waals surface area contributed by atoms with E-state index in [0.29, 0.717) is 0 Å². The monoisotopic (exact) mass is 469 g/mol. The van der Waals surface area contributed by atoms with Gasteiger partial charge in [-0.15, -0.1) is 0 Å². The van der Waals surface area contributed by atoms with E-state index in [1.807, 2.05) is 48.5 Å². The second kappa shape index (κ2) is 12.7. The van der Waals surface area contributed by atoms with Gasteiger partial charge >= 0.3 is 0 Å². The molecule has 1 N–H and O–H groups in total. The van der Waals surface area contributed by atoms with Crippen molar-refractivity contribution in [2.24, 2.45) is 5.10 Å². The van der Waals surface area contributed by atoms with Gasteiger partial charge < -0.3 is 4.74 Å². The number of ether oxygens (including phenoxy) is 1. The third-order valence-corrected chi connectivity index (χ3v) is 6.51. The highest BCUT2D eigenvalue weighted by Crippen LogP contribution is 2.38. The van der Waals surface area contributed by atoms with E-state index in [9.17, 15) is 0 Å². The first-order valence-electron chi connectivity index (χ1n) is 12.0. The zero-order chi connectivity index (χ0) is 23.4. The number of thiazole rings is 1. The summed E-state index contributed by atoms with van der Waals surface area (Å²) in [7, 11) is 0. The Labute approximate surface area is 206 Å². The van der Waals surface area contributed by atoms with Crippen LogP contribution in [-0.4, -0.2) is 17.8 Å². The molecule has 4 rings (SSSR count). The lowest BCUT2D eigenvalue weighted by molar-refractivity contribution is 0.304. The molecule has 0 aliphatic heterocycles. The van der Waals surface area contributed by atoms with Crippen molar-refractivity contribution in [2.45, 2.75) is 39.0 Å². The van der Waals surface area contributed by atoms with Gasteiger partial charge in [-0.3, -0.25) is 5.43 Å². The lowest BCUT2D eigenvalue weighted by atomic mass is 10.1. The maximum atomic E-state index is 6.03. The van der Waals surface area contributed by atoms with E-state index in [2.05, 4.69) is 53.8 Å². The Hall–Kier alpha value is -3.44. The molecule has 5 heteroatoms. The van der Waals surface area contributed by atoms with Crippen molar-refractivity contribution in [1.29, 1.82) is 0 Å². The fourth-order valence-corrected chi connectivity index (χ4v) is 4.65. The smallest absolute Gasteiger partial charge is 0.204 e. The predicted octanol–water partition coefficient (Wildman–Crippen LogP) is 8.27. The van der Waals surface area contributed by atoms with Crippen LogP contribution in [-0.2, 0) is 0 Å². The van der Waals surface area contributed by atoms with Gasteiger partial charge in [-0.05, 0) is 24.1 Å². The molecule has 174 valence electrons. The Morgan fingerprint density at radius 3 is 2.26 bits per heavy atom. The van der Waals surface area contributed by atoms with Crippen molar-refractivity contribution in [2.75, 3.05) is 12.0 Å². The highest BCUT2D eigenvalue weighted by molar-refractivity contribution is 7.19. The highest BCUT2D eigenvalue weighted by atomic mass is 32.1. The summed E-state index contributed by atoms with van der Waals surface area (Å²) >= 11 is 1.60. The lowest BCUT2D eigenvalue weighted by Gasteiger charge is -2.08. The molecule has 0 aliphatic carbocycles. The Kier molecular flexibility index (Phi) is 8.86. The average Bonchev–Trinajstić information content (AvgIpc) is 3.32. The number of para-hydroxylation sites is 1. The molecule has 3 aromatic carbocycles. The number of unbranched alkanes of at least 4 members (excludes halogenated alkanes) is 4. The molecule has 4 aromatic rings. The SMILES string of the molecule is CCCCCCCOc1ccccc1/C=N\Nc1nc(-c2ccccc2)c(-c2ccccc2)s1. The van der Waals surface area contributed by atoms with Crippen LogP contribution in [0, 0.1) is 0 Å². The molecule has 0 amide bonds. The Morgan fingerprint density at radius 2 is 1.50 bits per heavy atom. The maximum absolute atomic E-state index is 6.03. The van der Waals surface area contributed by atoms with E-state index in [-0.39, 0.29) is 0 Å². The van der Waals surface area contributed by atoms with Gasteiger partial charge in [-0.1, -0.05) is 117 Å². The van der Waals surface area contributed by atoms with Gasteiger partial charge in [0.05, 0.1) is 23.4 Å². The normalized spacial score (nSPS) is 11.1. The molecule has 0 bridgehead atoms. The van der Waals surface area contributed by atoms with Crippen molar-refractivity contribution in [3.05, 3.63) is 90.5 Å². The third kappa shape index (κ3) is 6.55. The van der Waals surface area contributed by atoms with Crippen LogP contribution < -0.4 is 10.2 Å². The van der Waals surface area contributed by atoms with Crippen molar-refractivity contribution in [3.63, 3.8) is 0 Å². The molecule has 0 radical (unpaired) electrons. The van der Waals surface area contributed by atoms with Crippen LogP contribution in [0.3, 0.4) is 0 Å². The molecule has 0 atom stereocenters. The molecule has 34 heavy (non-hydrogen) atoms. The summed E-state index contributed by atoms with van der Waals surface area (Å²) in [6.45, 7) is 2.96. The second-order valence-electron chi connectivity index (χ2n) is 8.10. The fourth-order valence-electron chi connectivity index (χ4n) is 3.71. The van der Waals surface area contributed by atoms with Gasteiger partial charge in [-0.2, -0.15) is 5.10 Å². The Morgan fingerprint density at radius 1 is 0.824 bits per heavy atom. The van der Waals surface area contributed by atoms with E-state index >= 15 is 0 Å². The summed E-state index contributed by atoms with van der Waals surface area (Å²) in [5.74, 6) is 0.859. The molecule has 0 unspecified atom stereocenters.